The normalized spacial score (nSPS) is 15.2. The number of aryl methyl sites for hydroxylation is 1. The lowest BCUT2D eigenvalue weighted by Gasteiger charge is -2.29. The summed E-state index contributed by atoms with van der Waals surface area (Å²) in [5.41, 5.74) is 8.62. The van der Waals surface area contributed by atoms with Gasteiger partial charge in [0.15, 0.2) is 0 Å². The number of ether oxygens (including phenoxy) is 1. The standard InChI is InChI=1S/C28H29ClN4O3/c1-36-23-5-7-24-20(15-31-26(24)14-23)10-11-33(17-22-13-21(29)16-30-22)27-8-4-19-12-18(2-6-25(19)27)3-9-28(34)32-35/h2-3,5-7,9,12-16,27,30-31,35H,4,8,10-11,17H2,1H3,(H,32,34). The van der Waals surface area contributed by atoms with Crippen molar-refractivity contribution in [2.75, 3.05) is 13.7 Å². The van der Waals surface area contributed by atoms with Crippen molar-refractivity contribution >= 4 is 34.5 Å². The van der Waals surface area contributed by atoms with Crippen molar-refractivity contribution < 1.29 is 14.7 Å². The van der Waals surface area contributed by atoms with Gasteiger partial charge in [0.1, 0.15) is 5.75 Å². The van der Waals surface area contributed by atoms with Gasteiger partial charge >= 0.3 is 0 Å². The third-order valence-corrected chi connectivity index (χ3v) is 7.13. The lowest BCUT2D eigenvalue weighted by Crippen LogP contribution is -2.29. The summed E-state index contributed by atoms with van der Waals surface area (Å²) in [4.78, 5) is 20.5. The van der Waals surface area contributed by atoms with E-state index in [1.165, 1.54) is 28.2 Å². The van der Waals surface area contributed by atoms with Gasteiger partial charge in [-0.15, -0.1) is 0 Å². The zero-order valence-corrected chi connectivity index (χ0v) is 20.8. The van der Waals surface area contributed by atoms with Gasteiger partial charge in [0.2, 0.25) is 0 Å². The molecule has 1 atom stereocenters. The molecule has 1 amide bonds. The Labute approximate surface area is 214 Å². The summed E-state index contributed by atoms with van der Waals surface area (Å²) in [7, 11) is 1.68. The number of carbonyl (C=O) groups is 1. The average molecular weight is 505 g/mol. The topological polar surface area (TPSA) is 93.4 Å². The Morgan fingerprint density at radius 3 is 2.89 bits per heavy atom. The zero-order valence-electron chi connectivity index (χ0n) is 20.1. The van der Waals surface area contributed by atoms with Crippen LogP contribution in [0.5, 0.6) is 5.75 Å². The SMILES string of the molecule is COc1ccc2c(CCN(Cc3cc(Cl)c[nH]3)C3CCc4cc(C=CC(=O)NO)ccc43)c[nH]c2c1. The van der Waals surface area contributed by atoms with E-state index < -0.39 is 5.91 Å². The van der Waals surface area contributed by atoms with E-state index in [0.29, 0.717) is 5.02 Å². The molecule has 186 valence electrons. The Balaban J connectivity index is 1.38. The zero-order chi connectivity index (χ0) is 25.1. The largest absolute Gasteiger partial charge is 0.497 e. The van der Waals surface area contributed by atoms with Crippen LogP contribution in [0.3, 0.4) is 0 Å². The van der Waals surface area contributed by atoms with Crippen LogP contribution in [0, 0.1) is 0 Å². The molecule has 0 radical (unpaired) electrons. The lowest BCUT2D eigenvalue weighted by molar-refractivity contribution is -0.124. The molecule has 1 unspecified atom stereocenters. The molecule has 0 bridgehead atoms. The second-order valence-corrected chi connectivity index (χ2v) is 9.55. The number of rotatable bonds is 9. The van der Waals surface area contributed by atoms with E-state index in [1.54, 1.807) is 18.7 Å². The number of aromatic amines is 2. The van der Waals surface area contributed by atoms with Crippen LogP contribution in [0.25, 0.3) is 17.0 Å². The van der Waals surface area contributed by atoms with Gasteiger partial charge < -0.3 is 14.7 Å². The van der Waals surface area contributed by atoms with Crippen molar-refractivity contribution in [3.63, 3.8) is 0 Å². The van der Waals surface area contributed by atoms with Crippen molar-refractivity contribution in [3.05, 3.63) is 93.9 Å². The number of hydrogen-bond donors (Lipinski definition) is 4. The van der Waals surface area contributed by atoms with Crippen molar-refractivity contribution in [2.45, 2.75) is 31.8 Å². The number of hydrogen-bond acceptors (Lipinski definition) is 4. The molecule has 36 heavy (non-hydrogen) atoms. The minimum atomic E-state index is -0.542. The van der Waals surface area contributed by atoms with Crippen molar-refractivity contribution in [2.24, 2.45) is 0 Å². The quantitative estimate of drug-likeness (QED) is 0.139. The lowest BCUT2D eigenvalue weighted by atomic mass is 10.0. The highest BCUT2D eigenvalue weighted by atomic mass is 35.5. The first-order chi connectivity index (χ1) is 17.5. The van der Waals surface area contributed by atoms with E-state index in [2.05, 4.69) is 39.3 Å². The first kappa shape index (κ1) is 24.2. The van der Waals surface area contributed by atoms with Crippen LogP contribution in [-0.2, 0) is 24.2 Å². The van der Waals surface area contributed by atoms with Gasteiger partial charge in [0.05, 0.1) is 12.1 Å². The average Bonchev–Trinajstić information content (AvgIpc) is 3.62. The summed E-state index contributed by atoms with van der Waals surface area (Å²) in [5, 5.41) is 10.6. The molecular weight excluding hydrogens is 476 g/mol. The van der Waals surface area contributed by atoms with Gasteiger partial charge in [-0.1, -0.05) is 29.8 Å². The fourth-order valence-electron chi connectivity index (χ4n) is 5.14. The molecule has 5 rings (SSSR count). The van der Waals surface area contributed by atoms with Crippen LogP contribution < -0.4 is 10.2 Å². The Morgan fingerprint density at radius 2 is 2.11 bits per heavy atom. The van der Waals surface area contributed by atoms with Crippen molar-refractivity contribution in [1.29, 1.82) is 0 Å². The Kier molecular flexibility index (Phi) is 7.13. The molecular formula is C28H29ClN4O3. The van der Waals surface area contributed by atoms with E-state index in [1.807, 2.05) is 30.5 Å². The summed E-state index contributed by atoms with van der Waals surface area (Å²) >= 11 is 6.20. The van der Waals surface area contributed by atoms with Crippen LogP contribution in [0.4, 0.5) is 0 Å². The molecule has 0 fully saturated rings. The first-order valence-electron chi connectivity index (χ1n) is 12.0. The molecule has 4 N–H and O–H groups in total. The van der Waals surface area contributed by atoms with Crippen LogP contribution >= 0.6 is 11.6 Å². The molecule has 0 aliphatic heterocycles. The van der Waals surface area contributed by atoms with Gasteiger partial charge in [-0.05, 0) is 65.8 Å². The molecule has 2 aromatic heterocycles. The number of halogens is 1. The van der Waals surface area contributed by atoms with Gasteiger partial charge in [0, 0.05) is 60.3 Å². The summed E-state index contributed by atoms with van der Waals surface area (Å²) in [6.07, 6.45) is 9.87. The van der Waals surface area contributed by atoms with Crippen molar-refractivity contribution in [1.82, 2.24) is 20.3 Å². The first-order valence-corrected chi connectivity index (χ1v) is 12.4. The molecule has 1 aliphatic rings. The number of carbonyl (C=O) groups excluding carboxylic acids is 1. The minimum absolute atomic E-state index is 0.283. The highest BCUT2D eigenvalue weighted by Gasteiger charge is 2.28. The van der Waals surface area contributed by atoms with Gasteiger partial charge in [0.25, 0.3) is 5.91 Å². The number of amides is 1. The Morgan fingerprint density at radius 1 is 1.22 bits per heavy atom. The molecule has 4 aromatic rings. The van der Waals surface area contributed by atoms with E-state index >= 15 is 0 Å². The number of benzene rings is 2. The number of hydroxylamine groups is 1. The minimum Gasteiger partial charge on any atom is -0.497 e. The molecule has 0 spiro atoms. The van der Waals surface area contributed by atoms with E-state index in [-0.39, 0.29) is 6.04 Å². The number of methoxy groups -OCH3 is 1. The van der Waals surface area contributed by atoms with Crippen LogP contribution in [-0.4, -0.2) is 39.6 Å². The second kappa shape index (κ2) is 10.6. The summed E-state index contributed by atoms with van der Waals surface area (Å²) in [5.74, 6) is 0.301. The highest BCUT2D eigenvalue weighted by Crippen LogP contribution is 2.37. The van der Waals surface area contributed by atoms with Crippen molar-refractivity contribution in [3.8, 4) is 5.75 Å². The molecule has 7 nitrogen and oxygen atoms in total. The van der Waals surface area contributed by atoms with Gasteiger partial charge in [-0.2, -0.15) is 0 Å². The van der Waals surface area contributed by atoms with Gasteiger partial charge in [-0.3, -0.25) is 14.9 Å². The number of H-pyrrole nitrogens is 2. The predicted octanol–water partition coefficient (Wildman–Crippen LogP) is 5.41. The van der Waals surface area contributed by atoms with E-state index in [9.17, 15) is 4.79 Å². The molecule has 2 heterocycles. The van der Waals surface area contributed by atoms with E-state index in [4.69, 9.17) is 21.5 Å². The maximum atomic E-state index is 11.3. The fraction of sp³-hybridized carbons (Fsp3) is 0.250. The molecule has 8 heteroatoms. The van der Waals surface area contributed by atoms with Crippen LogP contribution in [0.15, 0.2) is 60.9 Å². The molecule has 1 aliphatic carbocycles. The molecule has 2 aromatic carbocycles. The Hall–Kier alpha value is -3.52. The summed E-state index contributed by atoms with van der Waals surface area (Å²) in [6, 6.07) is 14.7. The van der Waals surface area contributed by atoms with Gasteiger partial charge in [-0.25, -0.2) is 5.48 Å². The third-order valence-electron chi connectivity index (χ3n) is 6.92. The second-order valence-electron chi connectivity index (χ2n) is 9.11. The maximum Gasteiger partial charge on any atom is 0.267 e. The number of nitrogens with zero attached hydrogens (tertiary/aromatic N) is 1. The molecule has 0 saturated carbocycles. The fourth-order valence-corrected chi connectivity index (χ4v) is 5.32. The van der Waals surface area contributed by atoms with Crippen LogP contribution in [0.1, 0.15) is 40.4 Å². The predicted molar refractivity (Wildman–Crippen MR) is 141 cm³/mol. The number of fused-ring (bicyclic) bond motifs is 2. The number of aromatic nitrogens is 2. The monoisotopic (exact) mass is 504 g/mol. The summed E-state index contributed by atoms with van der Waals surface area (Å²) < 4.78 is 5.36. The van der Waals surface area contributed by atoms with E-state index in [0.717, 1.165) is 54.9 Å². The molecule has 0 saturated heterocycles. The number of nitrogens with one attached hydrogen (secondary N) is 3. The van der Waals surface area contributed by atoms with Crippen LogP contribution in [0.2, 0.25) is 5.02 Å². The smallest absolute Gasteiger partial charge is 0.267 e. The third kappa shape index (κ3) is 5.18. The highest BCUT2D eigenvalue weighted by molar-refractivity contribution is 6.30. The maximum absolute atomic E-state index is 11.3. The Bertz CT molecular complexity index is 1410. The summed E-state index contributed by atoms with van der Waals surface area (Å²) in [6.45, 7) is 1.66.